The monoisotopic (exact) mass is 449 g/mol. The molecular formula is C23H23N5O3S. The number of anilines is 1. The number of nitrogens with zero attached hydrogens (tertiary/aromatic N) is 4. The van der Waals surface area contributed by atoms with Crippen molar-refractivity contribution in [3.05, 3.63) is 71.5 Å². The maximum Gasteiger partial charge on any atom is 0.263 e. The molecule has 1 N–H and O–H groups in total. The number of amides is 1. The third-order valence-electron chi connectivity index (χ3n) is 4.87. The number of nitrogens with one attached hydrogen (secondary N) is 1. The van der Waals surface area contributed by atoms with Crippen LogP contribution < -0.4 is 15.6 Å². The van der Waals surface area contributed by atoms with Gasteiger partial charge in [-0.15, -0.1) is 16.8 Å². The summed E-state index contributed by atoms with van der Waals surface area (Å²) in [5, 5.41) is 12.0. The number of aromatic nitrogens is 4. The van der Waals surface area contributed by atoms with Crippen molar-refractivity contribution in [2.45, 2.75) is 30.8 Å². The van der Waals surface area contributed by atoms with Gasteiger partial charge in [0.25, 0.3) is 5.56 Å². The lowest BCUT2D eigenvalue weighted by Gasteiger charge is -2.13. The number of carbonyl (C=O) groups excluding carboxylic acids is 1. The summed E-state index contributed by atoms with van der Waals surface area (Å²) in [5.41, 5.74) is 1.22. The predicted octanol–water partition coefficient (Wildman–Crippen LogP) is 3.75. The van der Waals surface area contributed by atoms with Crippen LogP contribution in [0.3, 0.4) is 0 Å². The van der Waals surface area contributed by atoms with Gasteiger partial charge >= 0.3 is 0 Å². The molecule has 32 heavy (non-hydrogen) atoms. The van der Waals surface area contributed by atoms with Crippen LogP contribution in [-0.2, 0) is 11.3 Å². The van der Waals surface area contributed by atoms with E-state index in [0.717, 1.165) is 5.75 Å². The first-order chi connectivity index (χ1) is 15.5. The van der Waals surface area contributed by atoms with Gasteiger partial charge in [0.1, 0.15) is 5.75 Å². The summed E-state index contributed by atoms with van der Waals surface area (Å²) in [6.45, 7) is 8.35. The van der Waals surface area contributed by atoms with E-state index in [1.54, 1.807) is 31.2 Å². The van der Waals surface area contributed by atoms with Crippen LogP contribution in [-0.4, -0.2) is 36.9 Å². The Labute approximate surface area is 188 Å². The van der Waals surface area contributed by atoms with Crippen molar-refractivity contribution < 1.29 is 9.53 Å². The molecule has 2 aromatic carbocycles. The highest BCUT2D eigenvalue weighted by atomic mass is 32.2. The van der Waals surface area contributed by atoms with Crippen LogP contribution >= 0.6 is 11.8 Å². The maximum absolute atomic E-state index is 12.9. The van der Waals surface area contributed by atoms with E-state index >= 15 is 0 Å². The Morgan fingerprint density at radius 1 is 1.22 bits per heavy atom. The van der Waals surface area contributed by atoms with Crippen molar-refractivity contribution in [3.63, 3.8) is 0 Å². The van der Waals surface area contributed by atoms with Gasteiger partial charge in [0.2, 0.25) is 11.7 Å². The molecule has 0 aliphatic carbocycles. The van der Waals surface area contributed by atoms with Crippen LogP contribution in [0.1, 0.15) is 13.8 Å². The molecule has 0 aliphatic rings. The van der Waals surface area contributed by atoms with Crippen molar-refractivity contribution in [1.82, 2.24) is 19.2 Å². The Morgan fingerprint density at radius 2 is 1.97 bits per heavy atom. The normalized spacial score (nSPS) is 12.1. The molecule has 0 aliphatic heterocycles. The van der Waals surface area contributed by atoms with E-state index in [-0.39, 0.29) is 11.5 Å². The topological polar surface area (TPSA) is 90.5 Å². The summed E-state index contributed by atoms with van der Waals surface area (Å²) < 4.78 is 8.77. The first kappa shape index (κ1) is 21.6. The summed E-state index contributed by atoms with van der Waals surface area (Å²) >= 11 is 1.28. The van der Waals surface area contributed by atoms with Crippen molar-refractivity contribution in [3.8, 4) is 5.75 Å². The van der Waals surface area contributed by atoms with Gasteiger partial charge in [0.05, 0.1) is 22.8 Å². The lowest BCUT2D eigenvalue weighted by molar-refractivity contribution is -0.115. The fourth-order valence-corrected chi connectivity index (χ4v) is 4.22. The highest BCUT2D eigenvalue weighted by Gasteiger charge is 2.21. The minimum absolute atomic E-state index is 0.154. The van der Waals surface area contributed by atoms with Crippen molar-refractivity contribution in [2.75, 3.05) is 11.9 Å². The van der Waals surface area contributed by atoms with Crippen molar-refractivity contribution >= 4 is 40.0 Å². The summed E-state index contributed by atoms with van der Waals surface area (Å²) in [4.78, 5) is 25.7. The average molecular weight is 450 g/mol. The van der Waals surface area contributed by atoms with Crippen LogP contribution in [0.2, 0.25) is 0 Å². The van der Waals surface area contributed by atoms with E-state index in [1.807, 2.05) is 41.7 Å². The van der Waals surface area contributed by atoms with Gasteiger partial charge in [0.15, 0.2) is 5.16 Å². The molecule has 0 spiro atoms. The molecule has 4 aromatic rings. The minimum atomic E-state index is -0.451. The Bertz CT molecular complexity index is 1340. The smallest absolute Gasteiger partial charge is 0.263 e. The maximum atomic E-state index is 12.9. The molecule has 8 nitrogen and oxygen atoms in total. The van der Waals surface area contributed by atoms with Gasteiger partial charge in [-0.3, -0.25) is 18.6 Å². The van der Waals surface area contributed by atoms with E-state index in [0.29, 0.717) is 40.7 Å². The average Bonchev–Trinajstić information content (AvgIpc) is 3.21. The molecule has 1 unspecified atom stereocenters. The predicted molar refractivity (Wildman–Crippen MR) is 127 cm³/mol. The molecule has 164 valence electrons. The molecule has 0 saturated heterocycles. The van der Waals surface area contributed by atoms with E-state index < -0.39 is 5.25 Å². The van der Waals surface area contributed by atoms with E-state index in [4.69, 9.17) is 4.74 Å². The molecular weight excluding hydrogens is 426 g/mol. The first-order valence-electron chi connectivity index (χ1n) is 10.2. The Hall–Kier alpha value is -3.59. The van der Waals surface area contributed by atoms with E-state index in [2.05, 4.69) is 22.1 Å². The zero-order valence-electron chi connectivity index (χ0n) is 17.8. The first-order valence-corrected chi connectivity index (χ1v) is 11.1. The molecule has 0 bridgehead atoms. The van der Waals surface area contributed by atoms with Crippen LogP contribution in [0.5, 0.6) is 5.75 Å². The Kier molecular flexibility index (Phi) is 6.27. The molecule has 4 rings (SSSR count). The number of hydrogen-bond donors (Lipinski definition) is 1. The second kappa shape index (κ2) is 9.27. The second-order valence-corrected chi connectivity index (χ2v) is 8.35. The van der Waals surface area contributed by atoms with Crippen LogP contribution in [0, 0.1) is 0 Å². The summed E-state index contributed by atoms with van der Waals surface area (Å²) in [7, 11) is 0. The third kappa shape index (κ3) is 4.11. The van der Waals surface area contributed by atoms with Crippen LogP contribution in [0.25, 0.3) is 16.7 Å². The van der Waals surface area contributed by atoms with E-state index in [1.165, 1.54) is 16.3 Å². The number of allylic oxidation sites excluding steroid dienone is 1. The highest BCUT2D eigenvalue weighted by Crippen LogP contribution is 2.26. The third-order valence-corrected chi connectivity index (χ3v) is 5.92. The van der Waals surface area contributed by atoms with Gasteiger partial charge in [-0.05, 0) is 50.2 Å². The van der Waals surface area contributed by atoms with Gasteiger partial charge in [-0.1, -0.05) is 30.0 Å². The molecule has 0 fully saturated rings. The lowest BCUT2D eigenvalue weighted by atomic mass is 10.2. The quantitative estimate of drug-likeness (QED) is 0.325. The fourth-order valence-electron chi connectivity index (χ4n) is 3.36. The SMILES string of the molecule is C=CCn1c(=O)c2ccccc2n2c(SC(C)C(=O)Nc3ccc(OCC)cc3)nnc12. The van der Waals surface area contributed by atoms with Gasteiger partial charge in [0, 0.05) is 12.2 Å². The Balaban J connectivity index is 1.63. The highest BCUT2D eigenvalue weighted by molar-refractivity contribution is 8.00. The summed E-state index contributed by atoms with van der Waals surface area (Å²) in [5.74, 6) is 0.996. The zero-order valence-corrected chi connectivity index (χ0v) is 18.6. The van der Waals surface area contributed by atoms with E-state index in [9.17, 15) is 9.59 Å². The summed E-state index contributed by atoms with van der Waals surface area (Å²) in [6.07, 6.45) is 1.64. The second-order valence-electron chi connectivity index (χ2n) is 7.05. The fraction of sp³-hybridized carbons (Fsp3) is 0.217. The lowest BCUT2D eigenvalue weighted by Crippen LogP contribution is -2.24. The number of fused-ring (bicyclic) bond motifs is 3. The largest absolute Gasteiger partial charge is 0.494 e. The number of thioether (sulfide) groups is 1. The molecule has 9 heteroatoms. The Morgan fingerprint density at radius 3 is 2.69 bits per heavy atom. The number of carbonyl (C=O) groups is 1. The number of hydrogen-bond acceptors (Lipinski definition) is 6. The number of benzene rings is 2. The van der Waals surface area contributed by atoms with Gasteiger partial charge in [-0.25, -0.2) is 0 Å². The number of rotatable bonds is 8. The zero-order chi connectivity index (χ0) is 22.7. The minimum Gasteiger partial charge on any atom is -0.494 e. The molecule has 2 heterocycles. The molecule has 0 radical (unpaired) electrons. The molecule has 2 aromatic heterocycles. The summed E-state index contributed by atoms with van der Waals surface area (Å²) in [6, 6.07) is 14.5. The number of para-hydroxylation sites is 1. The standard InChI is InChI=1S/C23H23N5O3S/c1-4-14-27-21(30)18-8-6-7-9-19(18)28-22(27)25-26-23(28)32-15(3)20(29)24-16-10-12-17(13-11-16)31-5-2/h4,6-13,15H,1,5,14H2,2-3H3,(H,24,29). The molecule has 1 atom stereocenters. The van der Waals surface area contributed by atoms with Crippen molar-refractivity contribution in [2.24, 2.45) is 0 Å². The molecule has 0 saturated carbocycles. The van der Waals surface area contributed by atoms with Crippen LogP contribution in [0.15, 0.2) is 71.1 Å². The number of ether oxygens (including phenoxy) is 1. The van der Waals surface area contributed by atoms with Crippen LogP contribution in [0.4, 0.5) is 5.69 Å². The van der Waals surface area contributed by atoms with Gasteiger partial charge < -0.3 is 10.1 Å². The van der Waals surface area contributed by atoms with Gasteiger partial charge in [-0.2, -0.15) is 0 Å². The molecule has 1 amide bonds. The van der Waals surface area contributed by atoms with Crippen molar-refractivity contribution in [1.29, 1.82) is 0 Å².